The van der Waals surface area contributed by atoms with Crippen LogP contribution in [0.25, 0.3) is 0 Å². The van der Waals surface area contributed by atoms with E-state index >= 15 is 0 Å². The molecule has 2 aromatic carbocycles. The molecule has 2 rings (SSSR count). The minimum absolute atomic E-state index is 0.0940. The summed E-state index contributed by atoms with van der Waals surface area (Å²) in [4.78, 5) is 12.2. The van der Waals surface area contributed by atoms with Crippen molar-refractivity contribution in [3.8, 4) is 5.75 Å². The highest BCUT2D eigenvalue weighted by atomic mass is 32.2. The summed E-state index contributed by atoms with van der Waals surface area (Å²) in [5, 5.41) is 2.61. The molecule has 6 nitrogen and oxygen atoms in total. The van der Waals surface area contributed by atoms with E-state index in [9.17, 15) is 13.2 Å². The second-order valence-electron chi connectivity index (χ2n) is 5.53. The Labute approximate surface area is 154 Å². The lowest BCUT2D eigenvalue weighted by atomic mass is 10.2. The molecule has 138 valence electrons. The number of carbonyl (C=O) groups excluding carboxylic acids is 1. The molecule has 0 saturated carbocycles. The molecule has 2 aromatic rings. The third-order valence-electron chi connectivity index (χ3n) is 3.66. The molecular weight excluding hydrogens is 352 g/mol. The van der Waals surface area contributed by atoms with E-state index in [1.165, 1.54) is 25.3 Å². The molecule has 0 radical (unpaired) electrons. The van der Waals surface area contributed by atoms with E-state index in [0.717, 1.165) is 9.87 Å². The second kappa shape index (κ2) is 9.17. The van der Waals surface area contributed by atoms with Crippen molar-refractivity contribution < 1.29 is 17.9 Å². The maximum Gasteiger partial charge on any atom is 0.243 e. The first-order valence-electron chi connectivity index (χ1n) is 8.03. The summed E-state index contributed by atoms with van der Waals surface area (Å²) in [5.74, 6) is 0.167. The van der Waals surface area contributed by atoms with Gasteiger partial charge in [-0.05, 0) is 29.8 Å². The van der Waals surface area contributed by atoms with E-state index in [2.05, 4.69) is 11.9 Å². The number of nitrogens with one attached hydrogen (secondary N) is 1. The summed E-state index contributed by atoms with van der Waals surface area (Å²) in [6.45, 7) is 3.63. The van der Waals surface area contributed by atoms with E-state index in [1.54, 1.807) is 12.1 Å². The third-order valence-corrected chi connectivity index (χ3v) is 5.47. The average Bonchev–Trinajstić information content (AvgIpc) is 2.66. The van der Waals surface area contributed by atoms with Gasteiger partial charge in [-0.15, -0.1) is 6.58 Å². The van der Waals surface area contributed by atoms with Gasteiger partial charge in [-0.1, -0.05) is 36.4 Å². The standard InChI is InChI=1S/C19H22N2O4S/c1-3-13-20-19(22)15-21(14-16-7-5-4-6-8-16)26(23,24)18-11-9-17(25-2)10-12-18/h3-12H,1,13-15H2,2H3,(H,20,22). The quantitative estimate of drug-likeness (QED) is 0.683. The smallest absolute Gasteiger partial charge is 0.243 e. The van der Waals surface area contributed by atoms with Crippen molar-refractivity contribution in [1.29, 1.82) is 0 Å². The molecule has 0 heterocycles. The molecule has 0 saturated heterocycles. The zero-order chi connectivity index (χ0) is 19.0. The van der Waals surface area contributed by atoms with Gasteiger partial charge in [0.05, 0.1) is 18.6 Å². The first kappa shape index (κ1) is 19.7. The van der Waals surface area contributed by atoms with Crippen LogP contribution >= 0.6 is 0 Å². The minimum Gasteiger partial charge on any atom is -0.497 e. The number of ether oxygens (including phenoxy) is 1. The fourth-order valence-corrected chi connectivity index (χ4v) is 3.70. The Hall–Kier alpha value is -2.64. The Morgan fingerprint density at radius 1 is 1.15 bits per heavy atom. The largest absolute Gasteiger partial charge is 0.497 e. The number of hydrogen-bond donors (Lipinski definition) is 1. The Morgan fingerprint density at radius 3 is 2.38 bits per heavy atom. The van der Waals surface area contributed by atoms with Gasteiger partial charge >= 0.3 is 0 Å². The van der Waals surface area contributed by atoms with Gasteiger partial charge in [-0.2, -0.15) is 4.31 Å². The van der Waals surface area contributed by atoms with Crippen molar-refractivity contribution in [3.63, 3.8) is 0 Å². The lowest BCUT2D eigenvalue weighted by molar-refractivity contribution is -0.121. The van der Waals surface area contributed by atoms with Crippen LogP contribution in [0.2, 0.25) is 0 Å². The SMILES string of the molecule is C=CCNC(=O)CN(Cc1ccccc1)S(=O)(=O)c1ccc(OC)cc1. The lowest BCUT2D eigenvalue weighted by Crippen LogP contribution is -2.40. The average molecular weight is 374 g/mol. The molecular formula is C19H22N2O4S. The molecule has 0 aromatic heterocycles. The van der Waals surface area contributed by atoms with Crippen molar-refractivity contribution in [2.24, 2.45) is 0 Å². The summed E-state index contributed by atoms with van der Waals surface area (Å²) in [7, 11) is -2.34. The van der Waals surface area contributed by atoms with Gasteiger partial charge in [0.15, 0.2) is 0 Å². The molecule has 26 heavy (non-hydrogen) atoms. The molecule has 0 atom stereocenters. The number of sulfonamides is 1. The minimum atomic E-state index is -3.85. The van der Waals surface area contributed by atoms with E-state index in [-0.39, 0.29) is 24.5 Å². The van der Waals surface area contributed by atoms with E-state index in [1.807, 2.05) is 30.3 Å². The zero-order valence-electron chi connectivity index (χ0n) is 14.6. The summed E-state index contributed by atoms with van der Waals surface area (Å²) in [6, 6.07) is 15.2. The molecule has 1 amide bonds. The Bertz CT molecular complexity index is 834. The van der Waals surface area contributed by atoms with Crippen molar-refractivity contribution in [1.82, 2.24) is 9.62 Å². The van der Waals surface area contributed by atoms with Gasteiger partial charge in [0.1, 0.15) is 5.75 Å². The fourth-order valence-electron chi connectivity index (χ4n) is 2.31. The van der Waals surface area contributed by atoms with Crippen LogP contribution in [0.3, 0.4) is 0 Å². The van der Waals surface area contributed by atoms with Crippen LogP contribution in [0.1, 0.15) is 5.56 Å². The predicted octanol–water partition coefficient (Wildman–Crippen LogP) is 2.19. The number of benzene rings is 2. The van der Waals surface area contributed by atoms with Gasteiger partial charge in [-0.25, -0.2) is 8.42 Å². The number of nitrogens with zero attached hydrogens (tertiary/aromatic N) is 1. The van der Waals surface area contributed by atoms with E-state index in [0.29, 0.717) is 5.75 Å². The summed E-state index contributed by atoms with van der Waals surface area (Å²) in [5.41, 5.74) is 0.793. The monoisotopic (exact) mass is 374 g/mol. The number of carbonyl (C=O) groups is 1. The number of hydrogen-bond acceptors (Lipinski definition) is 4. The predicted molar refractivity (Wildman–Crippen MR) is 100 cm³/mol. The van der Waals surface area contributed by atoms with Crippen molar-refractivity contribution in [3.05, 3.63) is 72.8 Å². The first-order valence-corrected chi connectivity index (χ1v) is 9.47. The Morgan fingerprint density at radius 2 is 1.81 bits per heavy atom. The van der Waals surface area contributed by atoms with Crippen molar-refractivity contribution >= 4 is 15.9 Å². The molecule has 0 aliphatic rings. The highest BCUT2D eigenvalue weighted by molar-refractivity contribution is 7.89. The molecule has 0 aliphatic carbocycles. The maximum absolute atomic E-state index is 13.0. The Kier molecular flexibility index (Phi) is 6.94. The maximum atomic E-state index is 13.0. The molecule has 0 fully saturated rings. The van der Waals surface area contributed by atoms with Crippen LogP contribution in [0, 0.1) is 0 Å². The van der Waals surface area contributed by atoms with Gasteiger partial charge < -0.3 is 10.1 Å². The number of rotatable bonds is 9. The highest BCUT2D eigenvalue weighted by Gasteiger charge is 2.26. The highest BCUT2D eigenvalue weighted by Crippen LogP contribution is 2.21. The van der Waals surface area contributed by atoms with E-state index in [4.69, 9.17) is 4.74 Å². The van der Waals surface area contributed by atoms with Gasteiger partial charge in [0.2, 0.25) is 15.9 Å². The second-order valence-corrected chi connectivity index (χ2v) is 7.46. The molecule has 0 bridgehead atoms. The zero-order valence-corrected chi connectivity index (χ0v) is 15.4. The summed E-state index contributed by atoms with van der Waals surface area (Å²) >= 11 is 0. The summed E-state index contributed by atoms with van der Waals surface area (Å²) < 4.78 is 32.3. The van der Waals surface area contributed by atoms with Crippen LogP contribution in [0.15, 0.2) is 72.1 Å². The van der Waals surface area contributed by atoms with Gasteiger partial charge in [-0.3, -0.25) is 4.79 Å². The third kappa shape index (κ3) is 5.18. The fraction of sp³-hybridized carbons (Fsp3) is 0.211. The van der Waals surface area contributed by atoms with E-state index < -0.39 is 15.9 Å². The van der Waals surface area contributed by atoms with Crippen LogP contribution < -0.4 is 10.1 Å². The number of methoxy groups -OCH3 is 1. The lowest BCUT2D eigenvalue weighted by Gasteiger charge is -2.22. The van der Waals surface area contributed by atoms with Crippen LogP contribution in [-0.2, 0) is 21.4 Å². The molecule has 0 unspecified atom stereocenters. The molecule has 0 aliphatic heterocycles. The topological polar surface area (TPSA) is 75.7 Å². The normalized spacial score (nSPS) is 11.2. The first-order chi connectivity index (χ1) is 12.5. The van der Waals surface area contributed by atoms with Crippen molar-refractivity contribution in [2.45, 2.75) is 11.4 Å². The van der Waals surface area contributed by atoms with Crippen LogP contribution in [-0.4, -0.2) is 38.8 Å². The molecule has 7 heteroatoms. The van der Waals surface area contributed by atoms with Gasteiger partial charge in [0, 0.05) is 13.1 Å². The van der Waals surface area contributed by atoms with Crippen LogP contribution in [0.4, 0.5) is 0 Å². The van der Waals surface area contributed by atoms with Gasteiger partial charge in [0.25, 0.3) is 0 Å². The van der Waals surface area contributed by atoms with Crippen LogP contribution in [0.5, 0.6) is 5.75 Å². The van der Waals surface area contributed by atoms with Crippen molar-refractivity contribution in [2.75, 3.05) is 20.2 Å². The molecule has 0 spiro atoms. The molecule has 1 N–H and O–H groups in total. The summed E-state index contributed by atoms with van der Waals surface area (Å²) in [6.07, 6.45) is 1.54. The Balaban J connectivity index is 2.30. The number of amides is 1.